The normalized spacial score (nSPS) is 10.5. The molecule has 0 atom stereocenters. The molecule has 7 nitrogen and oxygen atoms in total. The fraction of sp³-hybridized carbons (Fsp3) is 0.133. The van der Waals surface area contributed by atoms with Crippen LogP contribution in [0.5, 0.6) is 5.88 Å². The first-order valence-corrected chi connectivity index (χ1v) is 7.64. The van der Waals surface area contributed by atoms with Gasteiger partial charge in [-0.1, -0.05) is 18.2 Å². The van der Waals surface area contributed by atoms with Crippen molar-refractivity contribution in [3.8, 4) is 11.6 Å². The Hall–Kier alpha value is -2.61. The van der Waals surface area contributed by atoms with Crippen molar-refractivity contribution in [2.45, 2.75) is 0 Å². The van der Waals surface area contributed by atoms with Crippen molar-refractivity contribution in [1.82, 2.24) is 19.6 Å². The van der Waals surface area contributed by atoms with Crippen LogP contribution in [0.25, 0.3) is 5.69 Å². The quantitative estimate of drug-likeness (QED) is 0.742. The van der Waals surface area contributed by atoms with Crippen LogP contribution in [0.3, 0.4) is 0 Å². The average molecular weight is 376 g/mol. The van der Waals surface area contributed by atoms with Crippen LogP contribution < -0.4 is 10.1 Å². The molecule has 0 bridgehead atoms. The van der Waals surface area contributed by atoms with Crippen LogP contribution in [0.15, 0.2) is 53.3 Å². The molecule has 0 unspecified atom stereocenters. The van der Waals surface area contributed by atoms with Crippen LogP contribution in [0.4, 0.5) is 5.82 Å². The van der Waals surface area contributed by atoms with Gasteiger partial charge in [-0.3, -0.25) is 9.48 Å². The Kier molecular flexibility index (Phi) is 4.42. The summed E-state index contributed by atoms with van der Waals surface area (Å²) in [4.78, 5) is 11.8. The number of nitrogens with one attached hydrogen (secondary N) is 1. The third kappa shape index (κ3) is 3.78. The molecule has 0 radical (unpaired) electrons. The van der Waals surface area contributed by atoms with Crippen molar-refractivity contribution in [3.05, 3.63) is 53.3 Å². The molecule has 3 rings (SSSR count). The summed E-state index contributed by atoms with van der Waals surface area (Å²) in [5.41, 5.74) is 0.904. The predicted molar refractivity (Wildman–Crippen MR) is 88.6 cm³/mol. The lowest BCUT2D eigenvalue weighted by molar-refractivity contribution is -0.118. The zero-order chi connectivity index (χ0) is 16.2. The van der Waals surface area contributed by atoms with Crippen LogP contribution in [0.2, 0.25) is 0 Å². The number of ether oxygens (including phenoxy) is 1. The van der Waals surface area contributed by atoms with Crippen LogP contribution in [-0.4, -0.2) is 32.1 Å². The number of hydrogen-bond donors (Lipinski definition) is 1. The fourth-order valence-electron chi connectivity index (χ4n) is 1.94. The van der Waals surface area contributed by atoms with E-state index in [1.165, 1.54) is 0 Å². The highest BCUT2D eigenvalue weighted by Crippen LogP contribution is 2.24. The maximum atomic E-state index is 11.8. The molecule has 0 saturated heterocycles. The van der Waals surface area contributed by atoms with Crippen molar-refractivity contribution < 1.29 is 9.53 Å². The summed E-state index contributed by atoms with van der Waals surface area (Å²) < 4.78 is 9.41. The molecule has 8 heteroatoms. The molecular weight excluding hydrogens is 362 g/mol. The molecule has 0 aliphatic heterocycles. The lowest BCUT2D eigenvalue weighted by atomic mass is 10.3. The number of rotatable bonds is 5. The largest absolute Gasteiger partial charge is 0.466 e. The fourth-order valence-corrected chi connectivity index (χ4v) is 2.33. The number of carbonyl (C=O) groups is 1. The summed E-state index contributed by atoms with van der Waals surface area (Å²) in [5.74, 6) is 0.532. The monoisotopic (exact) mass is 375 g/mol. The molecule has 1 aromatic carbocycles. The molecule has 0 aliphatic rings. The molecule has 1 N–H and O–H groups in total. The molecule has 0 spiro atoms. The van der Waals surface area contributed by atoms with E-state index in [0.717, 1.165) is 5.69 Å². The van der Waals surface area contributed by atoms with Crippen LogP contribution >= 0.6 is 15.9 Å². The zero-order valence-corrected chi connectivity index (χ0v) is 13.9. The van der Waals surface area contributed by atoms with Gasteiger partial charge in [-0.2, -0.15) is 5.10 Å². The van der Waals surface area contributed by atoms with Gasteiger partial charge in [0.25, 0.3) is 5.91 Å². The molecule has 2 heterocycles. The van der Waals surface area contributed by atoms with E-state index >= 15 is 0 Å². The zero-order valence-electron chi connectivity index (χ0n) is 12.3. The molecule has 0 saturated carbocycles. The number of aromatic nitrogens is 4. The van der Waals surface area contributed by atoms with Crippen LogP contribution in [-0.2, 0) is 11.8 Å². The molecule has 118 valence electrons. The molecule has 1 amide bonds. The van der Waals surface area contributed by atoms with Gasteiger partial charge in [-0.05, 0) is 28.1 Å². The molecule has 0 fully saturated rings. The maximum Gasteiger partial charge on any atom is 0.263 e. The molecule has 2 aromatic heterocycles. The number of para-hydroxylation sites is 1. The molecular formula is C15H14BrN5O2. The van der Waals surface area contributed by atoms with Crippen molar-refractivity contribution in [2.24, 2.45) is 7.05 Å². The van der Waals surface area contributed by atoms with Crippen molar-refractivity contribution in [2.75, 3.05) is 11.9 Å². The van der Waals surface area contributed by atoms with E-state index in [2.05, 4.69) is 31.4 Å². The minimum Gasteiger partial charge on any atom is -0.466 e. The second-order valence-corrected chi connectivity index (χ2v) is 5.63. The van der Waals surface area contributed by atoms with Crippen molar-refractivity contribution >= 4 is 27.7 Å². The second kappa shape index (κ2) is 6.66. The smallest absolute Gasteiger partial charge is 0.263 e. The van der Waals surface area contributed by atoms with Gasteiger partial charge in [0.05, 0.1) is 10.2 Å². The first-order chi connectivity index (χ1) is 11.1. The summed E-state index contributed by atoms with van der Waals surface area (Å²) in [7, 11) is 1.78. The van der Waals surface area contributed by atoms with E-state index < -0.39 is 0 Å². The highest BCUT2D eigenvalue weighted by Gasteiger charge is 2.12. The van der Waals surface area contributed by atoms with E-state index in [1.807, 2.05) is 30.3 Å². The van der Waals surface area contributed by atoms with Gasteiger partial charge < -0.3 is 10.1 Å². The van der Waals surface area contributed by atoms with Crippen LogP contribution in [0.1, 0.15) is 0 Å². The molecule has 3 aromatic rings. The highest BCUT2D eigenvalue weighted by molar-refractivity contribution is 9.10. The number of anilines is 1. The van der Waals surface area contributed by atoms with E-state index in [0.29, 0.717) is 16.2 Å². The Bertz CT molecular complexity index is 812. The summed E-state index contributed by atoms with van der Waals surface area (Å²) in [6.07, 6.45) is 3.52. The Balaban J connectivity index is 1.62. The Morgan fingerprint density at radius 3 is 2.74 bits per heavy atom. The Labute approximate surface area is 141 Å². The first-order valence-electron chi connectivity index (χ1n) is 6.85. The minimum atomic E-state index is -0.301. The number of halogens is 1. The topological polar surface area (TPSA) is 74.0 Å². The third-order valence-electron chi connectivity index (χ3n) is 2.98. The number of nitrogens with zero attached hydrogens (tertiary/aromatic N) is 4. The van der Waals surface area contributed by atoms with Crippen molar-refractivity contribution in [1.29, 1.82) is 0 Å². The minimum absolute atomic E-state index is 0.152. The van der Waals surface area contributed by atoms with Gasteiger partial charge in [0.15, 0.2) is 12.4 Å². The standard InChI is InChI=1S/C15H14BrN5O2/c1-20-8-7-13(18-20)17-14(22)10-23-15-12(16)9-21(19-15)11-5-3-2-4-6-11/h2-9H,10H2,1H3,(H,17,18,22). The number of aryl methyl sites for hydroxylation is 1. The Morgan fingerprint density at radius 1 is 1.26 bits per heavy atom. The van der Waals surface area contributed by atoms with Gasteiger partial charge in [-0.15, -0.1) is 5.10 Å². The lowest BCUT2D eigenvalue weighted by Crippen LogP contribution is -2.20. The summed E-state index contributed by atoms with van der Waals surface area (Å²) in [5, 5.41) is 11.0. The summed E-state index contributed by atoms with van der Waals surface area (Å²) in [6, 6.07) is 11.3. The van der Waals surface area contributed by atoms with Gasteiger partial charge in [0.1, 0.15) is 0 Å². The summed E-state index contributed by atoms with van der Waals surface area (Å²) >= 11 is 3.38. The summed E-state index contributed by atoms with van der Waals surface area (Å²) in [6.45, 7) is -0.152. The lowest BCUT2D eigenvalue weighted by Gasteiger charge is -2.04. The predicted octanol–water partition coefficient (Wildman–Crippen LogP) is 2.39. The number of benzene rings is 1. The van der Waals surface area contributed by atoms with Gasteiger partial charge in [0, 0.05) is 25.5 Å². The average Bonchev–Trinajstić information content (AvgIpc) is 3.12. The van der Waals surface area contributed by atoms with Gasteiger partial charge in [0.2, 0.25) is 5.88 Å². The number of amides is 1. The molecule has 0 aliphatic carbocycles. The van der Waals surface area contributed by atoms with Gasteiger partial charge >= 0.3 is 0 Å². The Morgan fingerprint density at radius 2 is 2.04 bits per heavy atom. The van der Waals surface area contributed by atoms with E-state index in [-0.39, 0.29) is 12.5 Å². The third-order valence-corrected chi connectivity index (χ3v) is 3.52. The van der Waals surface area contributed by atoms with Crippen LogP contribution in [0, 0.1) is 0 Å². The molecule has 23 heavy (non-hydrogen) atoms. The maximum absolute atomic E-state index is 11.8. The first kappa shape index (κ1) is 15.3. The highest BCUT2D eigenvalue weighted by atomic mass is 79.9. The number of hydrogen-bond acceptors (Lipinski definition) is 4. The van der Waals surface area contributed by atoms with E-state index in [9.17, 15) is 4.79 Å². The van der Waals surface area contributed by atoms with Gasteiger partial charge in [-0.25, -0.2) is 4.68 Å². The van der Waals surface area contributed by atoms with Crippen molar-refractivity contribution in [3.63, 3.8) is 0 Å². The van der Waals surface area contributed by atoms with E-state index in [4.69, 9.17) is 4.74 Å². The number of carbonyl (C=O) groups excluding carboxylic acids is 1. The van der Waals surface area contributed by atoms with E-state index in [1.54, 1.807) is 34.9 Å². The second-order valence-electron chi connectivity index (χ2n) is 4.77. The SMILES string of the molecule is Cn1ccc(NC(=O)COc2nn(-c3ccccc3)cc2Br)n1.